The Labute approximate surface area is 124 Å². The van der Waals surface area contributed by atoms with Crippen LogP contribution >= 0.6 is 0 Å². The Morgan fingerprint density at radius 3 is 2.14 bits per heavy atom. The summed E-state index contributed by atoms with van der Waals surface area (Å²) in [5.41, 5.74) is 5.56. The second kappa shape index (κ2) is 5.57. The van der Waals surface area contributed by atoms with Crippen molar-refractivity contribution in [3.05, 3.63) is 72.2 Å². The van der Waals surface area contributed by atoms with Crippen LogP contribution in [-0.4, -0.2) is 4.98 Å². The predicted octanol–water partition coefficient (Wildman–Crippen LogP) is 5.61. The van der Waals surface area contributed by atoms with E-state index in [1.165, 1.54) is 23.4 Å². The zero-order chi connectivity index (χ0) is 14.8. The van der Waals surface area contributed by atoms with Crippen molar-refractivity contribution in [1.82, 2.24) is 4.98 Å². The van der Waals surface area contributed by atoms with Gasteiger partial charge in [0.15, 0.2) is 0 Å². The lowest BCUT2D eigenvalue weighted by molar-refractivity contribution is 0.628. The molecule has 0 saturated carbocycles. The van der Waals surface area contributed by atoms with Crippen molar-refractivity contribution >= 4 is 0 Å². The topological polar surface area (TPSA) is 15.8 Å². The van der Waals surface area contributed by atoms with Crippen molar-refractivity contribution < 1.29 is 4.39 Å². The summed E-state index contributed by atoms with van der Waals surface area (Å²) in [6, 6.07) is 19.1. The van der Waals surface area contributed by atoms with Gasteiger partial charge in [0.25, 0.3) is 0 Å². The fourth-order valence-electron chi connectivity index (χ4n) is 2.48. The monoisotopic (exact) mass is 279 g/mol. The largest absolute Gasteiger partial charge is 0.358 e. The van der Waals surface area contributed by atoms with E-state index in [0.717, 1.165) is 16.8 Å². The Kier molecular flexibility index (Phi) is 3.61. The Morgan fingerprint density at radius 1 is 0.857 bits per heavy atom. The maximum atomic E-state index is 13.1. The molecule has 1 N–H and O–H groups in total. The molecular weight excluding hydrogens is 261 g/mol. The molecule has 0 atom stereocenters. The molecule has 2 aromatic carbocycles. The lowest BCUT2D eigenvalue weighted by atomic mass is 10.0. The summed E-state index contributed by atoms with van der Waals surface area (Å²) >= 11 is 0. The van der Waals surface area contributed by atoms with E-state index in [-0.39, 0.29) is 5.82 Å². The van der Waals surface area contributed by atoms with E-state index in [0.29, 0.717) is 5.92 Å². The number of aromatic amines is 1. The SMILES string of the molecule is CC(C)c1cc(-c2ccccc2)c(-c2ccc(F)cc2)[nH]1. The first-order valence-corrected chi connectivity index (χ1v) is 7.19. The Balaban J connectivity index is 2.16. The molecule has 0 aliphatic carbocycles. The molecule has 0 bridgehead atoms. The highest BCUT2D eigenvalue weighted by Gasteiger charge is 2.13. The van der Waals surface area contributed by atoms with Gasteiger partial charge in [-0.2, -0.15) is 0 Å². The predicted molar refractivity (Wildman–Crippen MR) is 85.7 cm³/mol. The molecule has 106 valence electrons. The zero-order valence-corrected chi connectivity index (χ0v) is 12.2. The Morgan fingerprint density at radius 2 is 1.52 bits per heavy atom. The molecule has 1 heterocycles. The van der Waals surface area contributed by atoms with Gasteiger partial charge in [0.05, 0.1) is 5.69 Å². The minimum atomic E-state index is -0.212. The van der Waals surface area contributed by atoms with Crippen molar-refractivity contribution in [1.29, 1.82) is 0 Å². The smallest absolute Gasteiger partial charge is 0.123 e. The maximum absolute atomic E-state index is 13.1. The van der Waals surface area contributed by atoms with E-state index in [4.69, 9.17) is 0 Å². The summed E-state index contributed by atoms with van der Waals surface area (Å²) < 4.78 is 13.1. The molecule has 0 amide bonds. The summed E-state index contributed by atoms with van der Waals surface area (Å²) in [5, 5.41) is 0. The molecule has 0 fully saturated rings. The van der Waals surface area contributed by atoms with Crippen molar-refractivity contribution in [2.45, 2.75) is 19.8 Å². The zero-order valence-electron chi connectivity index (χ0n) is 12.2. The lowest BCUT2D eigenvalue weighted by Gasteiger charge is -2.05. The summed E-state index contributed by atoms with van der Waals surface area (Å²) in [6.07, 6.45) is 0. The van der Waals surface area contributed by atoms with Crippen LogP contribution in [0.15, 0.2) is 60.7 Å². The number of rotatable bonds is 3. The first kappa shape index (κ1) is 13.6. The highest BCUT2D eigenvalue weighted by molar-refractivity contribution is 5.82. The van der Waals surface area contributed by atoms with Gasteiger partial charge in [-0.15, -0.1) is 0 Å². The molecule has 0 aliphatic heterocycles. The summed E-state index contributed by atoms with van der Waals surface area (Å²) in [6.45, 7) is 4.32. The van der Waals surface area contributed by atoms with E-state index in [9.17, 15) is 4.39 Å². The molecule has 3 rings (SSSR count). The first-order valence-electron chi connectivity index (χ1n) is 7.19. The van der Waals surface area contributed by atoms with E-state index in [2.05, 4.69) is 37.0 Å². The quantitative estimate of drug-likeness (QED) is 0.641. The normalized spacial score (nSPS) is 11.0. The van der Waals surface area contributed by atoms with Crippen LogP contribution in [0.4, 0.5) is 4.39 Å². The Bertz CT molecular complexity index is 724. The average Bonchev–Trinajstić information content (AvgIpc) is 2.94. The van der Waals surface area contributed by atoms with Crippen LogP contribution in [0.25, 0.3) is 22.4 Å². The molecule has 0 aliphatic rings. The van der Waals surface area contributed by atoms with Crippen molar-refractivity contribution in [2.24, 2.45) is 0 Å². The van der Waals surface area contributed by atoms with Gasteiger partial charge in [-0.25, -0.2) is 4.39 Å². The molecule has 0 unspecified atom stereocenters. The number of hydrogen-bond donors (Lipinski definition) is 1. The van der Waals surface area contributed by atoms with Crippen LogP contribution in [0, 0.1) is 5.82 Å². The fraction of sp³-hybridized carbons (Fsp3) is 0.158. The molecule has 0 saturated heterocycles. The van der Waals surface area contributed by atoms with Gasteiger partial charge in [-0.05, 0) is 47.4 Å². The number of halogens is 1. The summed E-state index contributed by atoms with van der Waals surface area (Å²) in [5.74, 6) is 0.206. The van der Waals surface area contributed by atoms with Crippen LogP contribution in [0.2, 0.25) is 0 Å². The summed E-state index contributed by atoms with van der Waals surface area (Å²) in [7, 11) is 0. The van der Waals surface area contributed by atoms with E-state index >= 15 is 0 Å². The van der Waals surface area contributed by atoms with Gasteiger partial charge < -0.3 is 4.98 Å². The van der Waals surface area contributed by atoms with E-state index < -0.39 is 0 Å². The van der Waals surface area contributed by atoms with Gasteiger partial charge in [0.2, 0.25) is 0 Å². The highest BCUT2D eigenvalue weighted by atomic mass is 19.1. The molecule has 2 heteroatoms. The summed E-state index contributed by atoms with van der Waals surface area (Å²) in [4.78, 5) is 3.49. The third-order valence-electron chi connectivity index (χ3n) is 3.68. The van der Waals surface area contributed by atoms with Gasteiger partial charge in [0.1, 0.15) is 5.82 Å². The molecule has 1 aromatic heterocycles. The van der Waals surface area contributed by atoms with Crippen LogP contribution in [0.1, 0.15) is 25.5 Å². The van der Waals surface area contributed by atoms with Crippen molar-refractivity contribution in [3.8, 4) is 22.4 Å². The number of nitrogens with one attached hydrogen (secondary N) is 1. The van der Waals surface area contributed by atoms with Crippen LogP contribution in [0.3, 0.4) is 0 Å². The van der Waals surface area contributed by atoms with Gasteiger partial charge in [-0.1, -0.05) is 44.2 Å². The van der Waals surface area contributed by atoms with Gasteiger partial charge >= 0.3 is 0 Å². The number of aromatic nitrogens is 1. The van der Waals surface area contributed by atoms with E-state index in [1.54, 1.807) is 0 Å². The maximum Gasteiger partial charge on any atom is 0.123 e. The molecule has 0 radical (unpaired) electrons. The second-order valence-corrected chi connectivity index (χ2v) is 5.54. The molecule has 3 aromatic rings. The highest BCUT2D eigenvalue weighted by Crippen LogP contribution is 2.34. The fourth-order valence-corrected chi connectivity index (χ4v) is 2.48. The molecule has 21 heavy (non-hydrogen) atoms. The van der Waals surface area contributed by atoms with Crippen LogP contribution < -0.4 is 0 Å². The minimum absolute atomic E-state index is 0.212. The lowest BCUT2D eigenvalue weighted by Crippen LogP contribution is -1.87. The molecule has 0 spiro atoms. The third kappa shape index (κ3) is 2.75. The van der Waals surface area contributed by atoms with E-state index in [1.807, 2.05) is 30.3 Å². The standard InChI is InChI=1S/C19H18FN/c1-13(2)18-12-17(14-6-4-3-5-7-14)19(21-18)15-8-10-16(20)11-9-15/h3-13,21H,1-2H3. The Hall–Kier alpha value is -2.35. The number of hydrogen-bond acceptors (Lipinski definition) is 0. The molecule has 1 nitrogen and oxygen atoms in total. The van der Waals surface area contributed by atoms with Crippen molar-refractivity contribution in [2.75, 3.05) is 0 Å². The van der Waals surface area contributed by atoms with Gasteiger partial charge in [0, 0.05) is 11.3 Å². The van der Waals surface area contributed by atoms with Crippen LogP contribution in [0.5, 0.6) is 0 Å². The third-order valence-corrected chi connectivity index (χ3v) is 3.68. The average molecular weight is 279 g/mol. The number of benzene rings is 2. The van der Waals surface area contributed by atoms with Gasteiger partial charge in [-0.3, -0.25) is 0 Å². The molecular formula is C19H18FN. The minimum Gasteiger partial charge on any atom is -0.358 e. The van der Waals surface area contributed by atoms with Crippen molar-refractivity contribution in [3.63, 3.8) is 0 Å². The first-order chi connectivity index (χ1) is 10.1. The number of H-pyrrole nitrogens is 1. The second-order valence-electron chi connectivity index (χ2n) is 5.54. The van der Waals surface area contributed by atoms with Crippen LogP contribution in [-0.2, 0) is 0 Å².